The fourth-order valence-electron chi connectivity index (χ4n) is 1.56. The van der Waals surface area contributed by atoms with Crippen LogP contribution in [0.15, 0.2) is 35.8 Å². The maximum atomic E-state index is 11.9. The van der Waals surface area contributed by atoms with E-state index < -0.39 is 0 Å². The van der Waals surface area contributed by atoms with Gasteiger partial charge in [0.15, 0.2) is 0 Å². The van der Waals surface area contributed by atoms with E-state index in [0.29, 0.717) is 0 Å². The van der Waals surface area contributed by atoms with Crippen LogP contribution < -0.4 is 11.1 Å². The minimum Gasteiger partial charge on any atom is -0.327 e. The van der Waals surface area contributed by atoms with Crippen LogP contribution in [0.5, 0.6) is 0 Å². The first-order chi connectivity index (χ1) is 9.08. The van der Waals surface area contributed by atoms with Crippen molar-refractivity contribution < 1.29 is 4.79 Å². The molecule has 0 spiro atoms. The Morgan fingerprint density at radius 2 is 2.00 bits per heavy atom. The van der Waals surface area contributed by atoms with E-state index in [2.05, 4.69) is 10.3 Å². The standard InChI is InChI=1S/C14H17N3OS/c1-9(10(2)15)13(18)17-12-5-3-11(4-6-12)14-16-7-8-19-14/h3-10H,15H2,1-2H3,(H,17,18). The first kappa shape index (κ1) is 13.7. The molecule has 1 aromatic heterocycles. The molecule has 4 nitrogen and oxygen atoms in total. The second-order valence-electron chi connectivity index (χ2n) is 4.55. The topological polar surface area (TPSA) is 68.0 Å². The molecule has 3 N–H and O–H groups in total. The molecule has 0 aliphatic heterocycles. The van der Waals surface area contributed by atoms with Crippen molar-refractivity contribution in [1.82, 2.24) is 4.98 Å². The number of hydrogen-bond donors (Lipinski definition) is 2. The van der Waals surface area contributed by atoms with Crippen LogP contribution in [0.25, 0.3) is 10.6 Å². The van der Waals surface area contributed by atoms with Crippen LogP contribution in [0.4, 0.5) is 5.69 Å². The van der Waals surface area contributed by atoms with Crippen molar-refractivity contribution >= 4 is 22.9 Å². The summed E-state index contributed by atoms with van der Waals surface area (Å²) < 4.78 is 0. The first-order valence-corrected chi connectivity index (χ1v) is 7.02. The van der Waals surface area contributed by atoms with Crippen molar-refractivity contribution in [3.63, 3.8) is 0 Å². The van der Waals surface area contributed by atoms with E-state index in [1.165, 1.54) is 0 Å². The zero-order chi connectivity index (χ0) is 13.8. The summed E-state index contributed by atoms with van der Waals surface area (Å²) in [6.45, 7) is 3.65. The Morgan fingerprint density at radius 3 is 2.53 bits per heavy atom. The molecule has 19 heavy (non-hydrogen) atoms. The van der Waals surface area contributed by atoms with Gasteiger partial charge in [-0.15, -0.1) is 11.3 Å². The smallest absolute Gasteiger partial charge is 0.228 e. The number of carbonyl (C=O) groups is 1. The number of nitrogens with zero attached hydrogens (tertiary/aromatic N) is 1. The fraction of sp³-hybridized carbons (Fsp3) is 0.286. The molecule has 2 atom stereocenters. The summed E-state index contributed by atoms with van der Waals surface area (Å²) in [6.07, 6.45) is 1.78. The summed E-state index contributed by atoms with van der Waals surface area (Å²) in [5, 5.41) is 5.77. The summed E-state index contributed by atoms with van der Waals surface area (Å²) >= 11 is 1.59. The molecule has 0 saturated heterocycles. The zero-order valence-electron chi connectivity index (χ0n) is 11.0. The molecule has 0 fully saturated rings. The van der Waals surface area contributed by atoms with Crippen LogP contribution in [-0.4, -0.2) is 16.9 Å². The molecular weight excluding hydrogens is 258 g/mol. The number of amides is 1. The monoisotopic (exact) mass is 275 g/mol. The van der Waals surface area contributed by atoms with Gasteiger partial charge in [0.05, 0.1) is 5.92 Å². The van der Waals surface area contributed by atoms with Crippen LogP contribution in [-0.2, 0) is 4.79 Å². The summed E-state index contributed by atoms with van der Waals surface area (Å²) in [5.41, 5.74) is 7.54. The van der Waals surface area contributed by atoms with Gasteiger partial charge < -0.3 is 11.1 Å². The number of benzene rings is 1. The highest BCUT2D eigenvalue weighted by Gasteiger charge is 2.16. The maximum Gasteiger partial charge on any atom is 0.228 e. The van der Waals surface area contributed by atoms with Crippen molar-refractivity contribution in [2.24, 2.45) is 11.7 Å². The molecule has 2 aromatic rings. The lowest BCUT2D eigenvalue weighted by atomic mass is 10.0. The van der Waals surface area contributed by atoms with Crippen molar-refractivity contribution in [2.45, 2.75) is 19.9 Å². The second-order valence-corrected chi connectivity index (χ2v) is 5.45. The Bertz CT molecular complexity index is 534. The van der Waals surface area contributed by atoms with Gasteiger partial charge in [0, 0.05) is 28.9 Å². The predicted octanol–water partition coefficient (Wildman–Crippen LogP) is 2.73. The van der Waals surface area contributed by atoms with Gasteiger partial charge in [0.2, 0.25) is 5.91 Å². The van der Waals surface area contributed by atoms with E-state index in [1.807, 2.05) is 43.5 Å². The third-order valence-corrected chi connectivity index (χ3v) is 3.86. The van der Waals surface area contributed by atoms with E-state index >= 15 is 0 Å². The summed E-state index contributed by atoms with van der Waals surface area (Å²) in [6, 6.07) is 7.50. The highest BCUT2D eigenvalue weighted by molar-refractivity contribution is 7.13. The molecule has 2 rings (SSSR count). The number of rotatable bonds is 4. The van der Waals surface area contributed by atoms with Gasteiger partial charge in [-0.1, -0.05) is 6.92 Å². The number of nitrogens with two attached hydrogens (primary N) is 1. The van der Waals surface area contributed by atoms with E-state index in [4.69, 9.17) is 5.73 Å². The van der Waals surface area contributed by atoms with Crippen LogP contribution in [0.1, 0.15) is 13.8 Å². The highest BCUT2D eigenvalue weighted by Crippen LogP contribution is 2.23. The molecule has 0 bridgehead atoms. The molecule has 1 amide bonds. The van der Waals surface area contributed by atoms with Crippen molar-refractivity contribution in [2.75, 3.05) is 5.32 Å². The number of thiazole rings is 1. The quantitative estimate of drug-likeness (QED) is 0.901. The predicted molar refractivity (Wildman–Crippen MR) is 79.0 cm³/mol. The second kappa shape index (κ2) is 5.95. The molecule has 100 valence electrons. The molecule has 0 aliphatic rings. The lowest BCUT2D eigenvalue weighted by molar-refractivity contribution is -0.119. The average molecular weight is 275 g/mol. The largest absolute Gasteiger partial charge is 0.327 e. The van der Waals surface area contributed by atoms with E-state index in [0.717, 1.165) is 16.3 Å². The number of hydrogen-bond acceptors (Lipinski definition) is 4. The maximum absolute atomic E-state index is 11.9. The van der Waals surface area contributed by atoms with Gasteiger partial charge in [-0.05, 0) is 31.2 Å². The van der Waals surface area contributed by atoms with E-state index in [9.17, 15) is 4.79 Å². The minimum atomic E-state index is -0.210. The van der Waals surface area contributed by atoms with Gasteiger partial charge >= 0.3 is 0 Å². The molecule has 0 radical (unpaired) electrons. The number of nitrogens with one attached hydrogen (secondary N) is 1. The van der Waals surface area contributed by atoms with Crippen LogP contribution >= 0.6 is 11.3 Å². The number of aromatic nitrogens is 1. The van der Waals surface area contributed by atoms with E-state index in [1.54, 1.807) is 17.5 Å². The molecule has 5 heteroatoms. The Labute approximate surface area is 116 Å². The summed E-state index contributed by atoms with van der Waals surface area (Å²) in [5.74, 6) is -0.268. The highest BCUT2D eigenvalue weighted by atomic mass is 32.1. The molecule has 0 saturated carbocycles. The third kappa shape index (κ3) is 3.39. The van der Waals surface area contributed by atoms with Gasteiger partial charge in [0.1, 0.15) is 5.01 Å². The first-order valence-electron chi connectivity index (χ1n) is 6.14. The lowest BCUT2D eigenvalue weighted by Gasteiger charge is -2.15. The molecule has 1 heterocycles. The number of anilines is 1. The Kier molecular flexibility index (Phi) is 4.29. The van der Waals surface area contributed by atoms with Crippen molar-refractivity contribution in [3.8, 4) is 10.6 Å². The fourth-order valence-corrected chi connectivity index (χ4v) is 2.20. The van der Waals surface area contributed by atoms with Gasteiger partial charge in [-0.3, -0.25) is 4.79 Å². The van der Waals surface area contributed by atoms with Crippen molar-refractivity contribution in [1.29, 1.82) is 0 Å². The molecule has 0 aliphatic carbocycles. The van der Waals surface area contributed by atoms with Gasteiger partial charge in [-0.2, -0.15) is 0 Å². The molecular formula is C14H17N3OS. The van der Waals surface area contributed by atoms with Crippen molar-refractivity contribution in [3.05, 3.63) is 35.8 Å². The molecule has 1 aromatic carbocycles. The van der Waals surface area contributed by atoms with Crippen LogP contribution in [0.2, 0.25) is 0 Å². The number of carbonyl (C=O) groups excluding carboxylic acids is 1. The SMILES string of the molecule is CC(N)C(C)C(=O)Nc1ccc(-c2nccs2)cc1. The third-order valence-electron chi connectivity index (χ3n) is 3.03. The molecule has 2 unspecified atom stereocenters. The normalized spacial score (nSPS) is 13.8. The van der Waals surface area contributed by atoms with Crippen LogP contribution in [0, 0.1) is 5.92 Å². The Balaban J connectivity index is 2.05. The van der Waals surface area contributed by atoms with Gasteiger partial charge in [0.25, 0.3) is 0 Å². The summed E-state index contributed by atoms with van der Waals surface area (Å²) in [4.78, 5) is 16.1. The zero-order valence-corrected chi connectivity index (χ0v) is 11.8. The Morgan fingerprint density at radius 1 is 1.32 bits per heavy atom. The van der Waals surface area contributed by atoms with Gasteiger partial charge in [-0.25, -0.2) is 4.98 Å². The lowest BCUT2D eigenvalue weighted by Crippen LogP contribution is -2.34. The van der Waals surface area contributed by atoms with Crippen LogP contribution in [0.3, 0.4) is 0 Å². The van der Waals surface area contributed by atoms with E-state index in [-0.39, 0.29) is 17.9 Å². The Hall–Kier alpha value is -1.72. The summed E-state index contributed by atoms with van der Waals surface area (Å²) in [7, 11) is 0. The average Bonchev–Trinajstić information content (AvgIpc) is 2.92. The minimum absolute atomic E-state index is 0.0583.